The molecule has 6 nitrogen and oxygen atoms in total. The third kappa shape index (κ3) is 4.94. The fourth-order valence-corrected chi connectivity index (χ4v) is 4.31. The van der Waals surface area contributed by atoms with E-state index in [0.717, 1.165) is 49.4 Å². The van der Waals surface area contributed by atoms with Gasteiger partial charge in [-0.15, -0.1) is 0 Å². The van der Waals surface area contributed by atoms with E-state index in [4.69, 9.17) is 4.74 Å². The van der Waals surface area contributed by atoms with Crippen LogP contribution in [0.5, 0.6) is 5.75 Å². The summed E-state index contributed by atoms with van der Waals surface area (Å²) in [6.45, 7) is 3.23. The fourth-order valence-electron chi connectivity index (χ4n) is 4.31. The lowest BCUT2D eigenvalue weighted by atomic mass is 10.0. The van der Waals surface area contributed by atoms with E-state index in [1.54, 1.807) is 4.90 Å². The first-order valence-corrected chi connectivity index (χ1v) is 10.8. The molecule has 6 heteroatoms. The van der Waals surface area contributed by atoms with Crippen LogP contribution in [-0.2, 0) is 11.2 Å². The number of rotatable bonds is 7. The van der Waals surface area contributed by atoms with Crippen LogP contribution in [0.2, 0.25) is 0 Å². The third-order valence-corrected chi connectivity index (χ3v) is 6.10. The lowest BCUT2D eigenvalue weighted by Gasteiger charge is -2.32. The average molecular weight is 410 g/mol. The van der Waals surface area contributed by atoms with E-state index in [1.165, 1.54) is 5.56 Å². The van der Waals surface area contributed by atoms with Crippen LogP contribution in [0, 0.1) is 0 Å². The number of aliphatic hydroxyl groups excluding tert-OH is 1. The highest BCUT2D eigenvalue weighted by Crippen LogP contribution is 2.27. The molecule has 0 bridgehead atoms. The molecule has 1 amide bonds. The second kappa shape index (κ2) is 9.49. The molecule has 2 aromatic rings. The normalized spacial score (nSPS) is 19.6. The first-order valence-electron chi connectivity index (χ1n) is 10.8. The Hall–Kier alpha value is -2.57. The van der Waals surface area contributed by atoms with Gasteiger partial charge in [0.2, 0.25) is 0 Å². The number of likely N-dealkylation sites (tertiary alicyclic amines) is 1. The van der Waals surface area contributed by atoms with Gasteiger partial charge in [-0.3, -0.25) is 9.69 Å². The number of ether oxygens (including phenoxy) is 1. The molecule has 4 rings (SSSR count). The van der Waals surface area contributed by atoms with Crippen molar-refractivity contribution in [1.29, 1.82) is 0 Å². The van der Waals surface area contributed by atoms with Gasteiger partial charge in [-0.1, -0.05) is 30.3 Å². The highest BCUT2D eigenvalue weighted by Gasteiger charge is 2.28. The van der Waals surface area contributed by atoms with Gasteiger partial charge in [-0.25, -0.2) is 0 Å². The van der Waals surface area contributed by atoms with E-state index in [2.05, 4.69) is 22.3 Å². The number of hydrogen-bond acceptors (Lipinski definition) is 5. The zero-order valence-electron chi connectivity index (χ0n) is 17.6. The summed E-state index contributed by atoms with van der Waals surface area (Å²) in [7, 11) is 1.84. The van der Waals surface area contributed by atoms with Crippen LogP contribution in [0.1, 0.15) is 30.0 Å². The average Bonchev–Trinajstić information content (AvgIpc) is 3.20. The fraction of sp³-hybridized carbons (Fsp3) is 0.458. The molecule has 0 saturated carbocycles. The summed E-state index contributed by atoms with van der Waals surface area (Å²) in [6.07, 6.45) is 2.66. The largest absolute Gasteiger partial charge is 0.484 e. The number of fused-ring (bicyclic) bond motifs is 1. The van der Waals surface area contributed by atoms with E-state index in [9.17, 15) is 9.90 Å². The van der Waals surface area contributed by atoms with Crippen molar-refractivity contribution < 1.29 is 14.6 Å². The highest BCUT2D eigenvalue weighted by atomic mass is 16.5. The van der Waals surface area contributed by atoms with E-state index in [-0.39, 0.29) is 24.7 Å². The predicted octanol–water partition coefficient (Wildman–Crippen LogP) is 2.69. The van der Waals surface area contributed by atoms with Crippen molar-refractivity contribution in [3.8, 4) is 5.75 Å². The number of amides is 1. The molecule has 2 aromatic carbocycles. The maximum absolute atomic E-state index is 13.0. The summed E-state index contributed by atoms with van der Waals surface area (Å²) in [5, 5.41) is 13.3. The van der Waals surface area contributed by atoms with E-state index < -0.39 is 0 Å². The van der Waals surface area contributed by atoms with Gasteiger partial charge in [0.15, 0.2) is 6.61 Å². The van der Waals surface area contributed by atoms with Gasteiger partial charge in [0.05, 0.1) is 12.1 Å². The Kier molecular flexibility index (Phi) is 6.55. The number of β-amino-alcohol motifs (C(OH)–C–C–N with tert-alkyl or cyclic N) is 1. The highest BCUT2D eigenvalue weighted by molar-refractivity contribution is 5.78. The Morgan fingerprint density at radius 2 is 2.13 bits per heavy atom. The number of nitrogens with one attached hydrogen (secondary N) is 1. The van der Waals surface area contributed by atoms with Crippen molar-refractivity contribution in [1.82, 2.24) is 9.80 Å². The van der Waals surface area contributed by atoms with Crippen LogP contribution in [0.4, 0.5) is 5.69 Å². The molecule has 2 atom stereocenters. The van der Waals surface area contributed by atoms with Crippen molar-refractivity contribution in [3.05, 3.63) is 59.7 Å². The van der Waals surface area contributed by atoms with Crippen LogP contribution in [-0.4, -0.2) is 66.8 Å². The Morgan fingerprint density at radius 3 is 2.90 bits per heavy atom. The van der Waals surface area contributed by atoms with Crippen molar-refractivity contribution >= 4 is 11.6 Å². The molecular weight excluding hydrogens is 378 g/mol. The molecule has 1 fully saturated rings. The van der Waals surface area contributed by atoms with Gasteiger partial charge in [-0.05, 0) is 48.6 Å². The van der Waals surface area contributed by atoms with E-state index in [1.807, 2.05) is 43.4 Å². The number of carbonyl (C=O) groups excluding carboxylic acids is 1. The number of nitrogens with zero attached hydrogens (tertiary/aromatic N) is 2. The quantitative estimate of drug-likeness (QED) is 0.736. The first kappa shape index (κ1) is 20.7. The molecule has 2 heterocycles. The predicted molar refractivity (Wildman–Crippen MR) is 118 cm³/mol. The molecule has 30 heavy (non-hydrogen) atoms. The van der Waals surface area contributed by atoms with Crippen molar-refractivity contribution in [3.63, 3.8) is 0 Å². The van der Waals surface area contributed by atoms with Crippen molar-refractivity contribution in [2.24, 2.45) is 0 Å². The standard InChI is InChI=1S/C24H31N3O3/c1-26(23(18-6-3-2-4-7-18)16-27-13-11-20(28)15-27)24(29)17-30-21-9-10-22-19(14-21)8-5-12-25-22/h2-4,6-7,9-10,14,20,23,25,28H,5,8,11-13,15-17H2,1H3/t20-,23+/m0/s1. The van der Waals surface area contributed by atoms with Crippen LogP contribution in [0.25, 0.3) is 0 Å². The molecule has 2 N–H and O–H groups in total. The molecule has 1 saturated heterocycles. The van der Waals surface area contributed by atoms with E-state index >= 15 is 0 Å². The van der Waals surface area contributed by atoms with Crippen LogP contribution < -0.4 is 10.1 Å². The lowest BCUT2D eigenvalue weighted by Crippen LogP contribution is -2.40. The monoisotopic (exact) mass is 409 g/mol. The smallest absolute Gasteiger partial charge is 0.260 e. The number of hydrogen-bond donors (Lipinski definition) is 2. The Labute approximate surface area is 178 Å². The minimum absolute atomic E-state index is 0.00860. The topological polar surface area (TPSA) is 65.0 Å². The van der Waals surface area contributed by atoms with Crippen LogP contribution >= 0.6 is 0 Å². The molecule has 2 aliphatic heterocycles. The van der Waals surface area contributed by atoms with Crippen molar-refractivity contribution in [2.45, 2.75) is 31.4 Å². The molecule has 160 valence electrons. The van der Waals surface area contributed by atoms with Gasteiger partial charge < -0.3 is 20.1 Å². The second-order valence-corrected chi connectivity index (χ2v) is 8.27. The summed E-state index contributed by atoms with van der Waals surface area (Å²) in [6, 6.07) is 16.0. The van der Waals surface area contributed by atoms with Crippen molar-refractivity contribution in [2.75, 3.05) is 45.2 Å². The molecule has 0 aliphatic carbocycles. The third-order valence-electron chi connectivity index (χ3n) is 6.10. The minimum Gasteiger partial charge on any atom is -0.484 e. The summed E-state index contributed by atoms with van der Waals surface area (Å²) >= 11 is 0. The SMILES string of the molecule is CN(C(=O)COc1ccc2c(c1)CCCN2)[C@H](CN1CC[C@H](O)C1)c1ccccc1. The zero-order chi connectivity index (χ0) is 20.9. The van der Waals surface area contributed by atoms with Crippen LogP contribution in [0.3, 0.4) is 0 Å². The summed E-state index contributed by atoms with van der Waals surface area (Å²) in [5.41, 5.74) is 3.50. The Balaban J connectivity index is 1.41. The minimum atomic E-state index is -0.274. The molecule has 0 radical (unpaired) electrons. The van der Waals surface area contributed by atoms with Gasteiger partial charge in [0.25, 0.3) is 5.91 Å². The summed E-state index contributed by atoms with van der Waals surface area (Å²) < 4.78 is 5.86. The molecular formula is C24H31N3O3. The number of aliphatic hydroxyl groups is 1. The van der Waals surface area contributed by atoms with Gasteiger partial charge in [0.1, 0.15) is 5.75 Å². The zero-order valence-corrected chi connectivity index (χ0v) is 17.6. The van der Waals surface area contributed by atoms with Crippen LogP contribution in [0.15, 0.2) is 48.5 Å². The molecule has 2 aliphatic rings. The first-order chi connectivity index (χ1) is 14.6. The molecule has 0 spiro atoms. The molecule has 0 aromatic heterocycles. The maximum Gasteiger partial charge on any atom is 0.260 e. The Bertz CT molecular complexity index is 858. The number of anilines is 1. The number of benzene rings is 2. The number of likely N-dealkylation sites (N-methyl/N-ethyl adjacent to an activating group) is 1. The number of aryl methyl sites for hydroxylation is 1. The number of carbonyl (C=O) groups is 1. The van der Waals surface area contributed by atoms with Gasteiger partial charge >= 0.3 is 0 Å². The van der Waals surface area contributed by atoms with Gasteiger partial charge in [-0.2, -0.15) is 0 Å². The Morgan fingerprint density at radius 1 is 1.30 bits per heavy atom. The molecule has 0 unspecified atom stereocenters. The van der Waals surface area contributed by atoms with Gasteiger partial charge in [0, 0.05) is 38.9 Å². The summed E-state index contributed by atoms with van der Waals surface area (Å²) in [5.74, 6) is 0.678. The van der Waals surface area contributed by atoms with E-state index in [0.29, 0.717) is 13.1 Å². The second-order valence-electron chi connectivity index (χ2n) is 8.27. The summed E-state index contributed by atoms with van der Waals surface area (Å²) in [4.78, 5) is 17.0. The maximum atomic E-state index is 13.0. The lowest BCUT2D eigenvalue weighted by molar-refractivity contribution is -0.134.